The Labute approximate surface area is 155 Å². The van der Waals surface area contributed by atoms with Crippen molar-refractivity contribution in [2.75, 3.05) is 7.11 Å². The van der Waals surface area contributed by atoms with Crippen molar-refractivity contribution in [1.29, 1.82) is 0 Å². The predicted molar refractivity (Wildman–Crippen MR) is 100 cm³/mol. The minimum absolute atomic E-state index is 0.120. The summed E-state index contributed by atoms with van der Waals surface area (Å²) >= 11 is 0. The van der Waals surface area contributed by atoms with Gasteiger partial charge in [0.05, 0.1) is 7.11 Å². The molecule has 0 saturated heterocycles. The average molecular weight is 360 g/mol. The summed E-state index contributed by atoms with van der Waals surface area (Å²) < 4.78 is 30.5. The van der Waals surface area contributed by atoms with E-state index in [2.05, 4.69) is 18.2 Å². The van der Waals surface area contributed by atoms with Gasteiger partial charge in [0.15, 0.2) is 0 Å². The van der Waals surface area contributed by atoms with Gasteiger partial charge in [-0.3, -0.25) is 0 Å². The van der Waals surface area contributed by atoms with E-state index in [0.29, 0.717) is 5.92 Å². The van der Waals surface area contributed by atoms with Crippen molar-refractivity contribution in [2.24, 2.45) is 29.6 Å². The lowest BCUT2D eigenvalue weighted by atomic mass is 9.61. The highest BCUT2D eigenvalue weighted by Crippen LogP contribution is 2.48. The lowest BCUT2D eigenvalue weighted by molar-refractivity contribution is 0.0802. The van der Waals surface area contributed by atoms with Crippen molar-refractivity contribution < 1.29 is 13.5 Å². The molecular weight excluding hydrogens is 330 g/mol. The summed E-state index contributed by atoms with van der Waals surface area (Å²) in [5.74, 6) is 4.18. The largest absolute Gasteiger partial charge is 0.497 e. The van der Waals surface area contributed by atoms with Crippen molar-refractivity contribution >= 4 is 0 Å². The Balaban J connectivity index is 1.37. The van der Waals surface area contributed by atoms with E-state index in [4.69, 9.17) is 4.74 Å². The van der Waals surface area contributed by atoms with Crippen molar-refractivity contribution in [3.05, 3.63) is 41.5 Å². The second kappa shape index (κ2) is 7.70. The topological polar surface area (TPSA) is 9.23 Å². The molecule has 0 N–H and O–H groups in total. The number of ether oxygens (including phenoxy) is 1. The second-order valence-corrected chi connectivity index (χ2v) is 8.76. The zero-order valence-corrected chi connectivity index (χ0v) is 15.7. The Kier molecular flexibility index (Phi) is 5.33. The Morgan fingerprint density at radius 2 is 1.65 bits per heavy atom. The van der Waals surface area contributed by atoms with Crippen LogP contribution in [0.4, 0.5) is 8.78 Å². The molecule has 0 radical (unpaired) electrons. The first-order valence-corrected chi connectivity index (χ1v) is 10.3. The molecule has 1 aromatic carbocycles. The van der Waals surface area contributed by atoms with Crippen LogP contribution in [0.25, 0.3) is 0 Å². The molecule has 26 heavy (non-hydrogen) atoms. The monoisotopic (exact) mass is 360 g/mol. The lowest BCUT2D eigenvalue weighted by Gasteiger charge is -2.44. The molecule has 0 spiro atoms. The third-order valence-corrected chi connectivity index (χ3v) is 7.40. The van der Waals surface area contributed by atoms with E-state index in [0.717, 1.165) is 42.8 Å². The molecule has 142 valence electrons. The van der Waals surface area contributed by atoms with Gasteiger partial charge in [-0.25, -0.2) is 0 Å². The van der Waals surface area contributed by atoms with Crippen LogP contribution in [-0.4, -0.2) is 7.11 Å². The van der Waals surface area contributed by atoms with E-state index >= 15 is 0 Å². The van der Waals surface area contributed by atoms with Gasteiger partial charge < -0.3 is 4.74 Å². The summed E-state index contributed by atoms with van der Waals surface area (Å²) in [6.07, 6.45) is 10.4. The summed E-state index contributed by atoms with van der Waals surface area (Å²) in [7, 11) is 1.73. The van der Waals surface area contributed by atoms with Gasteiger partial charge in [0.2, 0.25) is 0 Å². The van der Waals surface area contributed by atoms with Crippen LogP contribution >= 0.6 is 0 Å². The standard InChI is InChI=1S/C23H30F2O/c1-26-22-9-8-20-13-19(6-7-21(20)14-22)18-5-4-16-10-15(11-23(24)25)2-3-17(16)12-18/h8-9,11,14-19H,2-7,10,12-13H2,1H3. The fourth-order valence-electron chi connectivity index (χ4n) is 6.01. The maximum atomic E-state index is 12.6. The molecular formula is C23H30F2O. The second-order valence-electron chi connectivity index (χ2n) is 8.76. The number of hydrogen-bond donors (Lipinski definition) is 0. The maximum absolute atomic E-state index is 12.6. The van der Waals surface area contributed by atoms with E-state index in [9.17, 15) is 8.78 Å². The number of fused-ring (bicyclic) bond motifs is 2. The summed E-state index contributed by atoms with van der Waals surface area (Å²) in [5, 5.41) is 0. The van der Waals surface area contributed by atoms with Gasteiger partial charge in [0, 0.05) is 0 Å². The van der Waals surface area contributed by atoms with Crippen LogP contribution in [0.3, 0.4) is 0 Å². The summed E-state index contributed by atoms with van der Waals surface area (Å²) in [6, 6.07) is 6.56. The zero-order chi connectivity index (χ0) is 18.1. The first-order chi connectivity index (χ1) is 12.6. The molecule has 2 fully saturated rings. The van der Waals surface area contributed by atoms with E-state index in [1.54, 1.807) is 7.11 Å². The molecule has 3 aliphatic carbocycles. The number of aryl methyl sites for hydroxylation is 1. The van der Waals surface area contributed by atoms with Gasteiger partial charge in [-0.2, -0.15) is 8.78 Å². The van der Waals surface area contributed by atoms with Crippen molar-refractivity contribution in [3.63, 3.8) is 0 Å². The first-order valence-electron chi connectivity index (χ1n) is 10.3. The molecule has 2 saturated carbocycles. The Bertz CT molecular complexity index is 664. The predicted octanol–water partition coefficient (Wildman–Crippen LogP) is 6.41. The fraction of sp³-hybridized carbons (Fsp3) is 0.652. The van der Waals surface area contributed by atoms with Crippen molar-refractivity contribution in [3.8, 4) is 5.75 Å². The van der Waals surface area contributed by atoms with Gasteiger partial charge in [0.25, 0.3) is 6.08 Å². The van der Waals surface area contributed by atoms with Gasteiger partial charge >= 0.3 is 0 Å². The molecule has 0 amide bonds. The molecule has 0 heterocycles. The first kappa shape index (κ1) is 18.0. The molecule has 0 aromatic heterocycles. The normalized spacial score (nSPS) is 33.7. The molecule has 3 aliphatic rings. The summed E-state index contributed by atoms with van der Waals surface area (Å²) in [4.78, 5) is 0. The van der Waals surface area contributed by atoms with Crippen LogP contribution in [0.2, 0.25) is 0 Å². The third kappa shape index (κ3) is 3.82. The summed E-state index contributed by atoms with van der Waals surface area (Å²) in [6.45, 7) is 0. The van der Waals surface area contributed by atoms with Gasteiger partial charge in [0.1, 0.15) is 5.75 Å². The van der Waals surface area contributed by atoms with E-state index in [1.807, 2.05) is 0 Å². The Hall–Kier alpha value is -1.38. The number of rotatable bonds is 3. The van der Waals surface area contributed by atoms with Gasteiger partial charge in [-0.1, -0.05) is 6.07 Å². The van der Waals surface area contributed by atoms with Gasteiger partial charge in [-0.05, 0) is 117 Å². The quantitative estimate of drug-likeness (QED) is 0.605. The third-order valence-electron chi connectivity index (χ3n) is 7.40. The maximum Gasteiger partial charge on any atom is 0.266 e. The fourth-order valence-corrected chi connectivity index (χ4v) is 6.01. The minimum atomic E-state index is -1.49. The Morgan fingerprint density at radius 3 is 2.42 bits per heavy atom. The highest BCUT2D eigenvalue weighted by molar-refractivity contribution is 5.37. The van der Waals surface area contributed by atoms with Crippen LogP contribution < -0.4 is 4.74 Å². The minimum Gasteiger partial charge on any atom is -0.497 e. The number of benzene rings is 1. The van der Waals surface area contributed by atoms with Crippen molar-refractivity contribution in [1.82, 2.24) is 0 Å². The highest BCUT2D eigenvalue weighted by atomic mass is 19.3. The van der Waals surface area contributed by atoms with Crippen LogP contribution in [-0.2, 0) is 12.8 Å². The van der Waals surface area contributed by atoms with Crippen molar-refractivity contribution in [2.45, 2.75) is 57.8 Å². The van der Waals surface area contributed by atoms with E-state index in [1.165, 1.54) is 55.7 Å². The molecule has 3 heteroatoms. The molecule has 0 bridgehead atoms. The average Bonchev–Trinajstić information content (AvgIpc) is 2.66. The van der Waals surface area contributed by atoms with Crippen LogP contribution in [0, 0.1) is 29.6 Å². The Morgan fingerprint density at radius 1 is 0.923 bits per heavy atom. The molecule has 4 rings (SSSR count). The smallest absolute Gasteiger partial charge is 0.266 e. The number of halogens is 2. The SMILES string of the molecule is COc1ccc2c(c1)CCC(C1CCC3CC(C=C(F)F)CCC3C1)C2. The number of hydrogen-bond acceptors (Lipinski definition) is 1. The lowest BCUT2D eigenvalue weighted by Crippen LogP contribution is -2.34. The van der Waals surface area contributed by atoms with Gasteiger partial charge in [-0.15, -0.1) is 0 Å². The van der Waals surface area contributed by atoms with Crippen LogP contribution in [0.1, 0.15) is 56.1 Å². The molecule has 1 nitrogen and oxygen atoms in total. The molecule has 0 aliphatic heterocycles. The number of allylic oxidation sites excluding steroid dienone is 1. The van der Waals surface area contributed by atoms with Crippen LogP contribution in [0.15, 0.2) is 30.4 Å². The number of methoxy groups -OCH3 is 1. The molecule has 1 aromatic rings. The van der Waals surface area contributed by atoms with Crippen LogP contribution in [0.5, 0.6) is 5.75 Å². The summed E-state index contributed by atoms with van der Waals surface area (Å²) in [5.41, 5.74) is 2.98. The van der Waals surface area contributed by atoms with E-state index < -0.39 is 6.08 Å². The molecule has 5 unspecified atom stereocenters. The molecule has 5 atom stereocenters. The van der Waals surface area contributed by atoms with E-state index in [-0.39, 0.29) is 5.92 Å². The highest BCUT2D eigenvalue weighted by Gasteiger charge is 2.38. The zero-order valence-electron chi connectivity index (χ0n) is 15.7.